The molecule has 0 N–H and O–H groups in total. The second-order valence-electron chi connectivity index (χ2n) is 11.5. The van der Waals surface area contributed by atoms with Crippen molar-refractivity contribution in [3.8, 4) is 0 Å². The van der Waals surface area contributed by atoms with Gasteiger partial charge in [-0.25, -0.2) is 0 Å². The maximum Gasteiger partial charge on any atom is 0.264 e. The quantitative estimate of drug-likeness (QED) is 0.179. The highest BCUT2D eigenvalue weighted by Gasteiger charge is 2.49. The number of ether oxygens (including phenoxy) is 5. The van der Waals surface area contributed by atoms with Gasteiger partial charge < -0.3 is 23.7 Å². The van der Waals surface area contributed by atoms with Crippen molar-refractivity contribution >= 4 is 20.2 Å². The first kappa shape index (κ1) is 36.1. The van der Waals surface area contributed by atoms with Crippen LogP contribution in [0.25, 0.3) is 0 Å². The van der Waals surface area contributed by atoms with Crippen molar-refractivity contribution in [1.82, 2.24) is 0 Å². The first-order valence-electron chi connectivity index (χ1n) is 14.8. The van der Waals surface area contributed by atoms with Gasteiger partial charge in [-0.1, -0.05) is 91.0 Å². The Morgan fingerprint density at radius 3 is 1.59 bits per heavy atom. The highest BCUT2D eigenvalue weighted by atomic mass is 32.2. The van der Waals surface area contributed by atoms with E-state index in [0.29, 0.717) is 0 Å². The summed E-state index contributed by atoms with van der Waals surface area (Å²) in [6.45, 7) is 3.30. The molecule has 0 aliphatic carbocycles. The van der Waals surface area contributed by atoms with E-state index in [2.05, 4.69) is 0 Å². The third kappa shape index (κ3) is 12.1. The van der Waals surface area contributed by atoms with E-state index in [0.717, 1.165) is 29.2 Å². The maximum atomic E-state index is 12.7. The molecule has 1 saturated heterocycles. The monoisotopic (exact) mass is 678 g/mol. The number of rotatable bonds is 18. The van der Waals surface area contributed by atoms with Gasteiger partial charge in [0.05, 0.1) is 45.5 Å². The zero-order valence-electron chi connectivity index (χ0n) is 26.4. The molecule has 46 heavy (non-hydrogen) atoms. The van der Waals surface area contributed by atoms with Crippen LogP contribution >= 0.6 is 0 Å². The Balaban J connectivity index is 1.76. The van der Waals surface area contributed by atoms with Gasteiger partial charge in [-0.05, 0) is 30.5 Å². The average molecular weight is 679 g/mol. The van der Waals surface area contributed by atoms with Gasteiger partial charge in [0.25, 0.3) is 20.2 Å². The molecule has 0 amide bonds. The molecule has 0 spiro atoms. The fourth-order valence-corrected chi connectivity index (χ4v) is 6.25. The summed E-state index contributed by atoms with van der Waals surface area (Å²) in [4.78, 5) is 0. The lowest BCUT2D eigenvalue weighted by molar-refractivity contribution is -0.195. The van der Waals surface area contributed by atoms with Crippen LogP contribution in [0.15, 0.2) is 91.0 Å². The fourth-order valence-electron chi connectivity index (χ4n) is 5.00. The third-order valence-corrected chi connectivity index (χ3v) is 8.13. The Labute approximate surface area is 271 Å². The lowest BCUT2D eigenvalue weighted by atomic mass is 9.98. The maximum absolute atomic E-state index is 12.7. The molecular weight excluding hydrogens is 636 g/mol. The molecule has 0 unspecified atom stereocenters. The molecule has 1 fully saturated rings. The second kappa shape index (κ2) is 16.4. The standard InChI is InChI=1S/C33H42O11S2/c1-33(2)41-24-28(42-33)31(44-46(4,36)37)32(40-22-27-18-12-7-13-19-27)30(39-21-26-16-10-6-11-17-26)29(43-45(3,34)35)23-38-20-25-14-8-5-9-15-25/h5-19,28-32H,20-24H2,1-4H3/t28-,29-,30+,31-,32-/m0/s1. The molecule has 1 aliphatic heterocycles. The molecule has 4 rings (SSSR count). The van der Waals surface area contributed by atoms with Gasteiger partial charge in [-0.3, -0.25) is 8.37 Å². The van der Waals surface area contributed by atoms with Crippen LogP contribution < -0.4 is 0 Å². The van der Waals surface area contributed by atoms with Crippen LogP contribution in [-0.4, -0.2) is 78.9 Å². The first-order valence-corrected chi connectivity index (χ1v) is 18.4. The Kier molecular flexibility index (Phi) is 12.9. The molecule has 13 heteroatoms. The van der Waals surface area contributed by atoms with Crippen LogP contribution in [0.5, 0.6) is 0 Å². The minimum absolute atomic E-state index is 0.00770. The summed E-state index contributed by atoms with van der Waals surface area (Å²) >= 11 is 0. The highest BCUT2D eigenvalue weighted by molar-refractivity contribution is 7.86. The minimum Gasteiger partial charge on any atom is -0.374 e. The molecule has 1 heterocycles. The SMILES string of the molecule is CC1(C)OC[C@@H]([C@H](OS(C)(=O)=O)[C@@H](OCc2ccccc2)[C@H](OCc2ccccc2)[C@H](COCc2ccccc2)OS(C)(=O)=O)O1. The van der Waals surface area contributed by atoms with Crippen molar-refractivity contribution in [1.29, 1.82) is 0 Å². The van der Waals surface area contributed by atoms with Gasteiger partial charge in [0.2, 0.25) is 0 Å². The van der Waals surface area contributed by atoms with Gasteiger partial charge in [-0.2, -0.15) is 16.8 Å². The van der Waals surface area contributed by atoms with Gasteiger partial charge in [0, 0.05) is 0 Å². The summed E-state index contributed by atoms with van der Waals surface area (Å²) < 4.78 is 92.7. The van der Waals surface area contributed by atoms with E-state index in [9.17, 15) is 16.8 Å². The Morgan fingerprint density at radius 1 is 0.696 bits per heavy atom. The predicted molar refractivity (Wildman–Crippen MR) is 170 cm³/mol. The predicted octanol–water partition coefficient (Wildman–Crippen LogP) is 4.22. The zero-order valence-corrected chi connectivity index (χ0v) is 28.0. The fraction of sp³-hybridized carbons (Fsp3) is 0.455. The first-order chi connectivity index (χ1) is 21.8. The summed E-state index contributed by atoms with van der Waals surface area (Å²) in [5.74, 6) is -1.05. The van der Waals surface area contributed by atoms with Crippen LogP contribution in [0.4, 0.5) is 0 Å². The number of hydrogen-bond donors (Lipinski definition) is 0. The summed E-state index contributed by atoms with van der Waals surface area (Å²) in [5, 5.41) is 0. The Hall–Kier alpha value is -2.72. The van der Waals surface area contributed by atoms with E-state index in [1.165, 1.54) is 0 Å². The summed E-state index contributed by atoms with van der Waals surface area (Å²) in [5.41, 5.74) is 2.41. The number of hydrogen-bond acceptors (Lipinski definition) is 11. The second-order valence-corrected chi connectivity index (χ2v) is 14.7. The summed E-state index contributed by atoms with van der Waals surface area (Å²) in [6.07, 6.45) is -4.21. The summed E-state index contributed by atoms with van der Waals surface area (Å²) in [7, 11) is -8.18. The van der Waals surface area contributed by atoms with Crippen LogP contribution in [0.2, 0.25) is 0 Å². The Morgan fingerprint density at radius 2 is 1.15 bits per heavy atom. The van der Waals surface area contributed by atoms with Crippen molar-refractivity contribution in [2.75, 3.05) is 25.7 Å². The zero-order chi connectivity index (χ0) is 33.2. The molecule has 0 radical (unpaired) electrons. The topological polar surface area (TPSA) is 133 Å². The lowest BCUT2D eigenvalue weighted by Crippen LogP contribution is -2.55. The van der Waals surface area contributed by atoms with Crippen LogP contribution in [-0.2, 0) is 72.1 Å². The van der Waals surface area contributed by atoms with Crippen LogP contribution in [0.3, 0.4) is 0 Å². The van der Waals surface area contributed by atoms with Gasteiger partial charge in [0.15, 0.2) is 5.79 Å². The molecule has 1 aliphatic rings. The van der Waals surface area contributed by atoms with Gasteiger partial charge in [0.1, 0.15) is 30.5 Å². The van der Waals surface area contributed by atoms with Gasteiger partial charge in [-0.15, -0.1) is 0 Å². The smallest absolute Gasteiger partial charge is 0.264 e. The molecule has 3 aromatic carbocycles. The molecule has 0 aromatic heterocycles. The van der Waals surface area contributed by atoms with E-state index < -0.39 is 56.5 Å². The van der Waals surface area contributed by atoms with E-state index in [4.69, 9.17) is 32.1 Å². The van der Waals surface area contributed by atoms with E-state index in [-0.39, 0.29) is 33.0 Å². The minimum atomic E-state index is -4.10. The average Bonchev–Trinajstić information content (AvgIpc) is 3.37. The molecule has 0 saturated carbocycles. The molecule has 11 nitrogen and oxygen atoms in total. The molecule has 252 valence electrons. The Bertz CT molecular complexity index is 1550. The van der Waals surface area contributed by atoms with Crippen molar-refractivity contribution in [2.24, 2.45) is 0 Å². The third-order valence-electron chi connectivity index (χ3n) is 6.96. The molecular formula is C33H42O11S2. The normalized spacial score (nSPS) is 19.3. The lowest BCUT2D eigenvalue weighted by Gasteiger charge is -2.38. The van der Waals surface area contributed by atoms with E-state index >= 15 is 0 Å². The van der Waals surface area contributed by atoms with Crippen LogP contribution in [0, 0.1) is 0 Å². The van der Waals surface area contributed by atoms with Crippen molar-refractivity contribution in [2.45, 2.75) is 70.0 Å². The van der Waals surface area contributed by atoms with Crippen LogP contribution in [0.1, 0.15) is 30.5 Å². The molecule has 0 bridgehead atoms. The largest absolute Gasteiger partial charge is 0.374 e. The van der Waals surface area contributed by atoms with E-state index in [1.807, 2.05) is 91.0 Å². The molecule has 5 atom stereocenters. The summed E-state index contributed by atoms with van der Waals surface area (Å²) in [6, 6.07) is 27.8. The van der Waals surface area contributed by atoms with Crippen molar-refractivity contribution in [3.63, 3.8) is 0 Å². The van der Waals surface area contributed by atoms with E-state index in [1.54, 1.807) is 13.8 Å². The molecule has 3 aromatic rings. The highest BCUT2D eigenvalue weighted by Crippen LogP contribution is 2.32. The van der Waals surface area contributed by atoms with Gasteiger partial charge >= 0.3 is 0 Å². The van der Waals surface area contributed by atoms with Crippen molar-refractivity contribution < 1.29 is 48.9 Å². The van der Waals surface area contributed by atoms with Crippen molar-refractivity contribution in [3.05, 3.63) is 108 Å². The number of benzene rings is 3.